The zero-order valence-corrected chi connectivity index (χ0v) is 11.3. The zero-order valence-electron chi connectivity index (χ0n) is 11.3. The van der Waals surface area contributed by atoms with Crippen molar-refractivity contribution in [2.24, 2.45) is 0 Å². The largest absolute Gasteiger partial charge is 0.382 e. The van der Waals surface area contributed by atoms with Crippen molar-refractivity contribution in [2.75, 3.05) is 33.5 Å². The fourth-order valence-electron chi connectivity index (χ4n) is 1.59. The van der Waals surface area contributed by atoms with Crippen LogP contribution in [0.3, 0.4) is 0 Å². The van der Waals surface area contributed by atoms with Crippen molar-refractivity contribution in [2.45, 2.75) is 19.9 Å². The first kappa shape index (κ1) is 15.1. The average Bonchev–Trinajstić information content (AvgIpc) is 2.36. The summed E-state index contributed by atoms with van der Waals surface area (Å²) in [6.45, 7) is 6.35. The van der Waals surface area contributed by atoms with E-state index in [4.69, 9.17) is 9.47 Å². The number of hydrogen-bond acceptors (Lipinski definition) is 3. The van der Waals surface area contributed by atoms with Crippen LogP contribution in [0, 0.1) is 12.7 Å². The first-order valence-electron chi connectivity index (χ1n) is 6.21. The predicted octanol–water partition coefficient (Wildman–Crippen LogP) is 2.45. The Morgan fingerprint density at radius 2 is 2.06 bits per heavy atom. The predicted molar refractivity (Wildman–Crippen MR) is 70.2 cm³/mol. The first-order valence-corrected chi connectivity index (χ1v) is 6.21. The highest BCUT2D eigenvalue weighted by molar-refractivity contribution is 5.25. The maximum absolute atomic E-state index is 13.4. The van der Waals surface area contributed by atoms with Gasteiger partial charge < -0.3 is 14.8 Å². The van der Waals surface area contributed by atoms with Crippen molar-refractivity contribution in [3.8, 4) is 0 Å². The van der Waals surface area contributed by atoms with Gasteiger partial charge in [0.1, 0.15) is 5.82 Å². The minimum Gasteiger partial charge on any atom is -0.382 e. The van der Waals surface area contributed by atoms with Crippen LogP contribution in [0.15, 0.2) is 18.2 Å². The number of ether oxygens (including phenoxy) is 2. The van der Waals surface area contributed by atoms with Gasteiger partial charge in [-0.25, -0.2) is 4.39 Å². The summed E-state index contributed by atoms with van der Waals surface area (Å²) >= 11 is 0. The number of methoxy groups -OCH3 is 1. The molecule has 0 saturated heterocycles. The van der Waals surface area contributed by atoms with E-state index in [1.54, 1.807) is 26.2 Å². The molecule has 0 aliphatic rings. The molecule has 1 N–H and O–H groups in total. The molecule has 0 spiro atoms. The third-order valence-electron chi connectivity index (χ3n) is 2.82. The highest BCUT2D eigenvalue weighted by Crippen LogP contribution is 2.15. The zero-order chi connectivity index (χ0) is 13.4. The molecule has 1 unspecified atom stereocenters. The van der Waals surface area contributed by atoms with Crippen LogP contribution in [0.25, 0.3) is 0 Å². The normalized spacial score (nSPS) is 12.7. The maximum Gasteiger partial charge on any atom is 0.126 e. The molecule has 0 fully saturated rings. The Morgan fingerprint density at radius 3 is 2.72 bits per heavy atom. The number of rotatable bonds is 8. The monoisotopic (exact) mass is 255 g/mol. The van der Waals surface area contributed by atoms with Crippen LogP contribution >= 0.6 is 0 Å². The van der Waals surface area contributed by atoms with Gasteiger partial charge in [0.25, 0.3) is 0 Å². The van der Waals surface area contributed by atoms with E-state index in [0.29, 0.717) is 25.4 Å². The molecule has 1 atom stereocenters. The van der Waals surface area contributed by atoms with Crippen molar-refractivity contribution in [3.05, 3.63) is 35.1 Å². The summed E-state index contributed by atoms with van der Waals surface area (Å²) in [5, 5.41) is 3.29. The quantitative estimate of drug-likeness (QED) is 0.724. The third-order valence-corrected chi connectivity index (χ3v) is 2.82. The van der Waals surface area contributed by atoms with Crippen LogP contribution in [-0.4, -0.2) is 33.5 Å². The molecule has 0 heterocycles. The number of nitrogens with one attached hydrogen (secondary N) is 1. The topological polar surface area (TPSA) is 30.5 Å². The van der Waals surface area contributed by atoms with Crippen molar-refractivity contribution in [1.82, 2.24) is 5.32 Å². The second kappa shape index (κ2) is 8.19. The van der Waals surface area contributed by atoms with Crippen LogP contribution in [-0.2, 0) is 9.47 Å². The van der Waals surface area contributed by atoms with Gasteiger partial charge in [0.15, 0.2) is 0 Å². The van der Waals surface area contributed by atoms with Crippen LogP contribution in [0.5, 0.6) is 0 Å². The lowest BCUT2D eigenvalue weighted by atomic mass is 10.1. The minimum atomic E-state index is -0.155. The molecule has 1 aromatic rings. The Kier molecular flexibility index (Phi) is 6.86. The fourth-order valence-corrected chi connectivity index (χ4v) is 1.59. The average molecular weight is 255 g/mol. The summed E-state index contributed by atoms with van der Waals surface area (Å²) < 4.78 is 23.6. The standard InChI is InChI=1S/C14H22FNO2/c1-11-4-5-13(10-14(11)15)12(2)16-6-7-18-9-8-17-3/h4-5,10,12,16H,6-9H2,1-3H3. The fraction of sp³-hybridized carbons (Fsp3) is 0.571. The lowest BCUT2D eigenvalue weighted by Crippen LogP contribution is -2.24. The van der Waals surface area contributed by atoms with E-state index in [1.807, 2.05) is 13.0 Å². The highest BCUT2D eigenvalue weighted by atomic mass is 19.1. The van der Waals surface area contributed by atoms with E-state index < -0.39 is 0 Å². The molecule has 0 aliphatic carbocycles. The van der Waals surface area contributed by atoms with Crippen molar-refractivity contribution in [1.29, 1.82) is 0 Å². The van der Waals surface area contributed by atoms with Crippen molar-refractivity contribution >= 4 is 0 Å². The molecule has 0 saturated carbocycles. The maximum atomic E-state index is 13.4. The second-order valence-electron chi connectivity index (χ2n) is 4.29. The van der Waals surface area contributed by atoms with Gasteiger partial charge >= 0.3 is 0 Å². The number of halogens is 1. The Hall–Kier alpha value is -0.970. The highest BCUT2D eigenvalue weighted by Gasteiger charge is 2.06. The first-order chi connectivity index (χ1) is 8.65. The number of aryl methyl sites for hydroxylation is 1. The molecule has 0 aliphatic heterocycles. The second-order valence-corrected chi connectivity index (χ2v) is 4.29. The molecule has 102 valence electrons. The van der Waals surface area contributed by atoms with Gasteiger partial charge in [-0.05, 0) is 31.0 Å². The van der Waals surface area contributed by atoms with Crippen molar-refractivity contribution < 1.29 is 13.9 Å². The van der Waals surface area contributed by atoms with Crippen LogP contribution in [0.4, 0.5) is 4.39 Å². The Bertz CT molecular complexity index is 358. The summed E-state index contributed by atoms with van der Waals surface area (Å²) in [7, 11) is 1.65. The van der Waals surface area contributed by atoms with Gasteiger partial charge in [-0.2, -0.15) is 0 Å². The molecule has 4 heteroatoms. The van der Waals surface area contributed by atoms with E-state index >= 15 is 0 Å². The number of benzene rings is 1. The lowest BCUT2D eigenvalue weighted by molar-refractivity contribution is 0.0712. The Labute approximate surface area is 108 Å². The number of hydrogen-bond donors (Lipinski definition) is 1. The van der Waals surface area contributed by atoms with E-state index in [9.17, 15) is 4.39 Å². The molecule has 18 heavy (non-hydrogen) atoms. The molecule has 0 bridgehead atoms. The van der Waals surface area contributed by atoms with E-state index in [0.717, 1.165) is 12.1 Å². The van der Waals surface area contributed by atoms with Gasteiger partial charge in [0.05, 0.1) is 19.8 Å². The molecular weight excluding hydrogens is 233 g/mol. The van der Waals surface area contributed by atoms with Crippen molar-refractivity contribution in [3.63, 3.8) is 0 Å². The summed E-state index contributed by atoms with van der Waals surface area (Å²) in [6, 6.07) is 5.45. The van der Waals surface area contributed by atoms with Crippen LogP contribution in [0.2, 0.25) is 0 Å². The minimum absolute atomic E-state index is 0.117. The summed E-state index contributed by atoms with van der Waals surface area (Å²) in [6.07, 6.45) is 0. The Balaban J connectivity index is 2.27. The molecule has 0 aromatic heterocycles. The summed E-state index contributed by atoms with van der Waals surface area (Å²) in [5.41, 5.74) is 1.63. The molecule has 0 amide bonds. The summed E-state index contributed by atoms with van der Waals surface area (Å²) in [5.74, 6) is -0.155. The van der Waals surface area contributed by atoms with Crippen LogP contribution < -0.4 is 5.32 Å². The van der Waals surface area contributed by atoms with Gasteiger partial charge in [-0.15, -0.1) is 0 Å². The summed E-state index contributed by atoms with van der Waals surface area (Å²) in [4.78, 5) is 0. The van der Waals surface area contributed by atoms with E-state index in [-0.39, 0.29) is 11.9 Å². The van der Waals surface area contributed by atoms with Gasteiger partial charge in [-0.1, -0.05) is 12.1 Å². The third kappa shape index (κ3) is 5.12. The van der Waals surface area contributed by atoms with Gasteiger partial charge in [0.2, 0.25) is 0 Å². The molecular formula is C14H22FNO2. The molecule has 3 nitrogen and oxygen atoms in total. The Morgan fingerprint density at radius 1 is 1.28 bits per heavy atom. The van der Waals surface area contributed by atoms with Crippen LogP contribution in [0.1, 0.15) is 24.1 Å². The van der Waals surface area contributed by atoms with Gasteiger partial charge in [-0.3, -0.25) is 0 Å². The van der Waals surface area contributed by atoms with E-state index in [1.165, 1.54) is 0 Å². The van der Waals surface area contributed by atoms with Gasteiger partial charge in [0, 0.05) is 19.7 Å². The lowest BCUT2D eigenvalue weighted by Gasteiger charge is -2.15. The smallest absolute Gasteiger partial charge is 0.126 e. The molecule has 1 aromatic carbocycles. The SMILES string of the molecule is COCCOCCNC(C)c1ccc(C)c(F)c1. The molecule has 1 rings (SSSR count). The molecule has 0 radical (unpaired) electrons. The van der Waals surface area contributed by atoms with E-state index in [2.05, 4.69) is 5.32 Å².